The zero-order valence-corrected chi connectivity index (χ0v) is 40.3. The molecule has 5 aromatic carbocycles. The van der Waals surface area contributed by atoms with E-state index in [2.05, 4.69) is 61.6 Å². The summed E-state index contributed by atoms with van der Waals surface area (Å²) in [6.07, 6.45) is 3.39. The molecule has 358 valence electrons. The van der Waals surface area contributed by atoms with Gasteiger partial charge >= 0.3 is 12.1 Å². The number of aromatic nitrogens is 2. The molecule has 0 fully saturated rings. The molecule has 0 saturated heterocycles. The molecule has 2 unspecified atom stereocenters. The van der Waals surface area contributed by atoms with E-state index < -0.39 is 63.4 Å². The van der Waals surface area contributed by atoms with Crippen molar-refractivity contribution in [2.24, 2.45) is 10.9 Å². The molecule has 0 saturated carbocycles. The number of aliphatic imine (C=N–C) groups is 1. The van der Waals surface area contributed by atoms with E-state index in [0.717, 1.165) is 22.3 Å². The third kappa shape index (κ3) is 11.1. The van der Waals surface area contributed by atoms with Gasteiger partial charge in [0.1, 0.15) is 22.9 Å². The number of carboxylic acids is 1. The van der Waals surface area contributed by atoms with Crippen LogP contribution in [0.2, 0.25) is 0 Å². The van der Waals surface area contributed by atoms with Crippen molar-refractivity contribution in [2.45, 2.75) is 83.0 Å². The lowest BCUT2D eigenvalue weighted by molar-refractivity contribution is -0.138. The molecule has 2 heterocycles. The van der Waals surface area contributed by atoms with Crippen LogP contribution in [0.3, 0.4) is 0 Å². The van der Waals surface area contributed by atoms with Crippen molar-refractivity contribution >= 4 is 51.1 Å². The van der Waals surface area contributed by atoms with Crippen molar-refractivity contribution in [3.8, 4) is 0 Å². The number of carbonyl (C=O) groups excluding carboxylic acids is 3. The zero-order valence-electron chi connectivity index (χ0n) is 39.4. The van der Waals surface area contributed by atoms with Crippen LogP contribution < -0.4 is 20.7 Å². The molecule has 0 spiro atoms. The molecular formula is C53H57N7O8S. The number of carbonyl (C=O) groups is 4. The van der Waals surface area contributed by atoms with Crippen molar-refractivity contribution in [1.29, 1.82) is 0 Å². The largest absolute Gasteiger partial charge is 0.480 e. The number of rotatable bonds is 18. The maximum Gasteiger partial charge on any atom is 0.407 e. The number of sulfonamides is 1. The first kappa shape index (κ1) is 49.5. The molecule has 16 heteroatoms. The van der Waals surface area contributed by atoms with Gasteiger partial charge in [-0.25, -0.2) is 23.2 Å². The van der Waals surface area contributed by atoms with Crippen molar-refractivity contribution in [2.75, 3.05) is 18.4 Å². The Morgan fingerprint density at radius 2 is 1.39 bits per heavy atom. The molecule has 69 heavy (non-hydrogen) atoms. The van der Waals surface area contributed by atoms with Gasteiger partial charge in [-0.2, -0.15) is 4.72 Å². The molecule has 1 aromatic heterocycles. The average molecular weight is 952 g/mol. The third-order valence-electron chi connectivity index (χ3n) is 11.7. The highest BCUT2D eigenvalue weighted by molar-refractivity contribution is 7.89. The maximum atomic E-state index is 14.4. The summed E-state index contributed by atoms with van der Waals surface area (Å²) >= 11 is 0. The number of fused-ring (bicyclic) bond motifs is 1. The number of benzene rings is 5. The van der Waals surface area contributed by atoms with Crippen molar-refractivity contribution in [3.63, 3.8) is 0 Å². The van der Waals surface area contributed by atoms with Crippen LogP contribution in [-0.4, -0.2) is 77.3 Å². The highest BCUT2D eigenvalue weighted by Gasteiger charge is 2.40. The Labute approximate surface area is 402 Å². The molecule has 0 aliphatic carbocycles. The van der Waals surface area contributed by atoms with Gasteiger partial charge < -0.3 is 25.8 Å². The van der Waals surface area contributed by atoms with Gasteiger partial charge in [0.05, 0.1) is 16.5 Å². The molecule has 2 atom stereocenters. The molecule has 1 aliphatic heterocycles. The van der Waals surface area contributed by atoms with Gasteiger partial charge in [0, 0.05) is 37.6 Å². The first-order valence-corrected chi connectivity index (χ1v) is 24.2. The average Bonchev–Trinajstić information content (AvgIpc) is 3.77. The fourth-order valence-corrected chi connectivity index (χ4v) is 10.6. The summed E-state index contributed by atoms with van der Waals surface area (Å²) in [6.45, 7) is 9.99. The summed E-state index contributed by atoms with van der Waals surface area (Å²) in [5.74, 6) is -3.28. The molecule has 15 nitrogen and oxygen atoms in total. The topological polar surface area (TPSA) is 210 Å². The molecule has 6 aromatic rings. The van der Waals surface area contributed by atoms with Gasteiger partial charge in [0.2, 0.25) is 16.0 Å². The van der Waals surface area contributed by atoms with Crippen LogP contribution in [0.25, 0.3) is 0 Å². The molecular weight excluding hydrogens is 895 g/mol. The number of amides is 2. The highest BCUT2D eigenvalue weighted by Crippen LogP contribution is 2.42. The van der Waals surface area contributed by atoms with Gasteiger partial charge in [-0.3, -0.25) is 19.0 Å². The minimum absolute atomic E-state index is 0.0539. The molecule has 2 amide bonds. The Hall–Kier alpha value is -7.43. The van der Waals surface area contributed by atoms with Crippen LogP contribution in [0, 0.1) is 26.7 Å². The van der Waals surface area contributed by atoms with Crippen LogP contribution in [-0.2, 0) is 36.4 Å². The van der Waals surface area contributed by atoms with E-state index in [-0.39, 0.29) is 47.8 Å². The minimum atomic E-state index is -4.35. The fourth-order valence-electron chi connectivity index (χ4n) is 8.94. The quantitative estimate of drug-likeness (QED) is 0.0414. The maximum absolute atomic E-state index is 14.4. The second-order valence-corrected chi connectivity index (χ2v) is 19.7. The van der Waals surface area contributed by atoms with Crippen molar-refractivity contribution in [3.05, 3.63) is 178 Å². The first-order valence-electron chi connectivity index (χ1n) is 22.7. The lowest BCUT2D eigenvalue weighted by Gasteiger charge is -2.38. The Balaban J connectivity index is 1.17. The predicted octanol–water partition coefficient (Wildman–Crippen LogP) is 8.00. The molecule has 0 bridgehead atoms. The second kappa shape index (κ2) is 20.8. The smallest absolute Gasteiger partial charge is 0.407 e. The number of hydrogen-bond acceptors (Lipinski definition) is 10. The number of nitrogens with zero attached hydrogens (tertiary/aromatic N) is 3. The Morgan fingerprint density at radius 1 is 0.812 bits per heavy atom. The Bertz CT molecular complexity index is 2870. The molecule has 5 N–H and O–H groups in total. The Kier molecular flexibility index (Phi) is 14.9. The number of imidazole rings is 1. The number of ketones is 1. The minimum Gasteiger partial charge on any atom is -0.480 e. The number of alkyl carbamates (subject to hydrolysis) is 1. The number of aliphatic carboxylic acids is 1. The van der Waals surface area contributed by atoms with Crippen molar-refractivity contribution in [1.82, 2.24) is 24.9 Å². The van der Waals surface area contributed by atoms with Gasteiger partial charge in [0.25, 0.3) is 5.91 Å². The first-order chi connectivity index (χ1) is 32.9. The lowest BCUT2D eigenvalue weighted by atomic mass is 9.76. The van der Waals surface area contributed by atoms with E-state index in [1.54, 1.807) is 71.1 Å². The summed E-state index contributed by atoms with van der Waals surface area (Å²) in [5, 5.41) is 18.9. The Morgan fingerprint density at radius 3 is 1.94 bits per heavy atom. The number of carboxylic acid groups (broad SMARTS) is 1. The zero-order chi connectivity index (χ0) is 49.5. The summed E-state index contributed by atoms with van der Waals surface area (Å²) in [7, 11) is -4.35. The normalized spacial score (nSPS) is 14.3. The van der Waals surface area contributed by atoms with Crippen LogP contribution >= 0.6 is 0 Å². The van der Waals surface area contributed by atoms with Gasteiger partial charge in [-0.05, 0) is 99.9 Å². The summed E-state index contributed by atoms with van der Waals surface area (Å²) < 4.78 is 36.8. The molecule has 1 aliphatic rings. The predicted molar refractivity (Wildman–Crippen MR) is 264 cm³/mol. The highest BCUT2D eigenvalue weighted by atomic mass is 32.2. The van der Waals surface area contributed by atoms with E-state index >= 15 is 0 Å². The monoisotopic (exact) mass is 951 g/mol. The van der Waals surface area contributed by atoms with E-state index in [1.165, 1.54) is 0 Å². The standard InChI is InChI=1S/C53H57N7O8S/c1-34-29-35(2)47(36(3)30-34)69(66,67)59-44(49(63)64)33-56-48(62)45-42(23-16-26-55-51(65)68-52(4,5)6)46(61)41-25-24-37(31-43(41)58-45)32-57-50-54-27-28-60(50)53(38-17-10-7-11-18-38,39-19-12-8-13-20-39)40-21-14-9-15-22-40/h7-15,17-22,24-25,27-31,42,44,59H,16,23,26,32-33H2,1-6H3,(H,54,57)(H,55,65)(H,56,62)(H,63,64). The SMILES string of the molecule is Cc1cc(C)c(S(=O)(=O)NC(CNC(=O)C2=Nc3cc(CNc4nccn4C(c4ccccc4)(c4ccccc4)c4ccccc4)ccc3C(=O)C2CCCNC(=O)OC(C)(C)C)C(=O)O)c(C)c1. The summed E-state index contributed by atoms with van der Waals surface area (Å²) in [4.78, 5) is 62.8. The molecule has 0 radical (unpaired) electrons. The van der Waals surface area contributed by atoms with Gasteiger partial charge in [-0.1, -0.05) is 115 Å². The fraction of sp³-hybridized carbons (Fsp3) is 0.283. The van der Waals surface area contributed by atoms with E-state index in [0.29, 0.717) is 22.6 Å². The van der Waals surface area contributed by atoms with E-state index in [9.17, 15) is 32.7 Å². The van der Waals surface area contributed by atoms with Gasteiger partial charge in [-0.15, -0.1) is 0 Å². The summed E-state index contributed by atoms with van der Waals surface area (Å²) in [5.41, 5.74) is 4.21. The molecule has 7 rings (SSSR count). The van der Waals surface area contributed by atoms with Crippen molar-refractivity contribution < 1.29 is 37.4 Å². The number of hydrogen-bond donors (Lipinski definition) is 5. The van der Waals surface area contributed by atoms with Crippen LogP contribution in [0.15, 0.2) is 144 Å². The van der Waals surface area contributed by atoms with Gasteiger partial charge in [0.15, 0.2) is 5.78 Å². The third-order valence-corrected chi connectivity index (χ3v) is 13.5. The lowest BCUT2D eigenvalue weighted by Crippen LogP contribution is -2.50. The second-order valence-electron chi connectivity index (χ2n) is 18.1. The number of anilines is 1. The number of aryl methyl sites for hydroxylation is 3. The van der Waals surface area contributed by atoms with Crippen LogP contribution in [0.1, 0.15) is 82.9 Å². The summed E-state index contributed by atoms with van der Waals surface area (Å²) in [6, 6.07) is 37.3. The van der Waals surface area contributed by atoms with E-state index in [4.69, 9.17) is 14.7 Å². The number of Topliss-reactive ketones (excluding diaryl/α,β-unsaturated/α-hetero) is 1. The number of nitrogens with one attached hydrogen (secondary N) is 4. The van der Waals surface area contributed by atoms with Crippen LogP contribution in [0.5, 0.6) is 0 Å². The van der Waals surface area contributed by atoms with E-state index in [1.807, 2.05) is 67.7 Å². The van der Waals surface area contributed by atoms with Crippen LogP contribution in [0.4, 0.5) is 16.4 Å². The number of ether oxygens (including phenoxy) is 1.